The van der Waals surface area contributed by atoms with E-state index >= 15 is 0 Å². The van der Waals surface area contributed by atoms with Crippen molar-refractivity contribution in [2.24, 2.45) is 0 Å². The molecule has 0 aliphatic carbocycles. The molecule has 0 radical (unpaired) electrons. The summed E-state index contributed by atoms with van der Waals surface area (Å²) in [6, 6.07) is 5.19. The molecule has 0 aromatic heterocycles. The van der Waals surface area contributed by atoms with Crippen LogP contribution in [0.4, 0.5) is 11.4 Å². The highest BCUT2D eigenvalue weighted by atomic mass is 16.3. The number of carbonyl (C=O) groups is 1. The highest BCUT2D eigenvalue weighted by molar-refractivity contribution is 6.02. The molecule has 0 saturated carbocycles. The van der Waals surface area contributed by atoms with Crippen molar-refractivity contribution in [1.29, 1.82) is 0 Å². The number of carbonyl (C=O) groups excluding carboxylic acids is 1. The molecular weight excluding hydrogens is 180 g/mol. The smallest absolute Gasteiger partial charge is 0.246 e. The van der Waals surface area contributed by atoms with Crippen LogP contribution in [0.1, 0.15) is 12.5 Å². The molecule has 14 heavy (non-hydrogen) atoms. The van der Waals surface area contributed by atoms with Crippen LogP contribution in [-0.4, -0.2) is 17.1 Å². The fourth-order valence-corrected chi connectivity index (χ4v) is 1.46. The number of hydrogen-bond donors (Lipinski definition) is 3. The number of aliphatic hydroxyl groups excluding tert-OH is 1. The SMILES string of the molecule is CC1Nc2cc(CO)ccc2NC1=O. The Morgan fingerprint density at radius 1 is 1.43 bits per heavy atom. The van der Waals surface area contributed by atoms with Crippen LogP contribution in [-0.2, 0) is 11.4 Å². The second-order valence-electron chi connectivity index (χ2n) is 3.39. The molecule has 0 spiro atoms. The summed E-state index contributed by atoms with van der Waals surface area (Å²) in [6.07, 6.45) is 0. The first kappa shape index (κ1) is 9.02. The Morgan fingerprint density at radius 2 is 2.21 bits per heavy atom. The molecule has 3 N–H and O–H groups in total. The zero-order valence-electron chi connectivity index (χ0n) is 7.87. The fraction of sp³-hybridized carbons (Fsp3) is 0.300. The molecular formula is C10H12N2O2. The summed E-state index contributed by atoms with van der Waals surface area (Å²) in [5.41, 5.74) is 2.47. The van der Waals surface area contributed by atoms with Gasteiger partial charge in [-0.3, -0.25) is 4.79 Å². The molecule has 0 bridgehead atoms. The highest BCUT2D eigenvalue weighted by Gasteiger charge is 2.20. The maximum absolute atomic E-state index is 11.3. The van der Waals surface area contributed by atoms with Gasteiger partial charge >= 0.3 is 0 Å². The van der Waals surface area contributed by atoms with Gasteiger partial charge in [-0.05, 0) is 24.6 Å². The maximum Gasteiger partial charge on any atom is 0.246 e. The van der Waals surface area contributed by atoms with Gasteiger partial charge in [-0.1, -0.05) is 6.07 Å². The fourth-order valence-electron chi connectivity index (χ4n) is 1.46. The Balaban J connectivity index is 2.37. The predicted octanol–water partition coefficient (Wildman–Crippen LogP) is 0.931. The first-order valence-electron chi connectivity index (χ1n) is 4.52. The van der Waals surface area contributed by atoms with E-state index in [0.29, 0.717) is 0 Å². The van der Waals surface area contributed by atoms with Crippen LogP contribution in [0.5, 0.6) is 0 Å². The quantitative estimate of drug-likeness (QED) is 0.620. The van der Waals surface area contributed by atoms with E-state index in [1.807, 2.05) is 6.07 Å². The minimum atomic E-state index is -0.226. The third-order valence-corrected chi connectivity index (χ3v) is 2.29. The van der Waals surface area contributed by atoms with Crippen molar-refractivity contribution in [2.75, 3.05) is 10.6 Å². The zero-order chi connectivity index (χ0) is 10.1. The van der Waals surface area contributed by atoms with Gasteiger partial charge in [0.15, 0.2) is 0 Å². The number of aliphatic hydroxyl groups is 1. The predicted molar refractivity (Wildman–Crippen MR) is 54.1 cm³/mol. The lowest BCUT2D eigenvalue weighted by atomic mass is 10.1. The summed E-state index contributed by atoms with van der Waals surface area (Å²) in [5, 5.41) is 14.8. The van der Waals surface area contributed by atoms with Crippen LogP contribution in [0.3, 0.4) is 0 Å². The van der Waals surface area contributed by atoms with Crippen molar-refractivity contribution >= 4 is 17.3 Å². The van der Waals surface area contributed by atoms with E-state index in [-0.39, 0.29) is 18.6 Å². The van der Waals surface area contributed by atoms with Gasteiger partial charge in [0.25, 0.3) is 0 Å². The summed E-state index contributed by atoms with van der Waals surface area (Å²) in [6.45, 7) is 1.81. The lowest BCUT2D eigenvalue weighted by molar-refractivity contribution is -0.116. The molecule has 4 nitrogen and oxygen atoms in total. The summed E-state index contributed by atoms with van der Waals surface area (Å²) in [5.74, 6) is -0.0331. The number of rotatable bonds is 1. The third-order valence-electron chi connectivity index (χ3n) is 2.29. The van der Waals surface area contributed by atoms with E-state index < -0.39 is 0 Å². The second kappa shape index (κ2) is 3.31. The van der Waals surface area contributed by atoms with Crippen molar-refractivity contribution in [2.45, 2.75) is 19.6 Å². The zero-order valence-corrected chi connectivity index (χ0v) is 7.87. The van der Waals surface area contributed by atoms with E-state index in [4.69, 9.17) is 5.11 Å². The van der Waals surface area contributed by atoms with Crippen LogP contribution < -0.4 is 10.6 Å². The van der Waals surface area contributed by atoms with Crippen molar-refractivity contribution in [1.82, 2.24) is 0 Å². The molecule has 2 rings (SSSR count). The standard InChI is InChI=1S/C10H12N2O2/c1-6-10(14)12-8-3-2-7(5-13)4-9(8)11-6/h2-4,6,11,13H,5H2,1H3,(H,12,14). The third kappa shape index (κ3) is 1.44. The number of amides is 1. The van der Waals surface area contributed by atoms with Crippen molar-refractivity contribution in [3.05, 3.63) is 23.8 Å². The van der Waals surface area contributed by atoms with Crippen LogP contribution >= 0.6 is 0 Å². The first-order valence-corrected chi connectivity index (χ1v) is 4.52. The summed E-state index contributed by atoms with van der Waals surface area (Å²) in [7, 11) is 0. The van der Waals surface area contributed by atoms with E-state index in [1.54, 1.807) is 19.1 Å². The van der Waals surface area contributed by atoms with Crippen LogP contribution in [0.2, 0.25) is 0 Å². The van der Waals surface area contributed by atoms with Gasteiger partial charge in [0.05, 0.1) is 18.0 Å². The van der Waals surface area contributed by atoms with E-state index in [9.17, 15) is 4.79 Å². The molecule has 4 heteroatoms. The van der Waals surface area contributed by atoms with Gasteiger partial charge in [0.2, 0.25) is 5.91 Å². The Morgan fingerprint density at radius 3 is 2.93 bits per heavy atom. The van der Waals surface area contributed by atoms with E-state index in [0.717, 1.165) is 16.9 Å². The normalized spacial score (nSPS) is 19.6. The van der Waals surface area contributed by atoms with Gasteiger partial charge in [0, 0.05) is 0 Å². The molecule has 1 heterocycles. The minimum absolute atomic E-state index is 0.0112. The Labute approximate surface area is 81.9 Å². The molecule has 1 aromatic rings. The Hall–Kier alpha value is -1.55. The lowest BCUT2D eigenvalue weighted by Gasteiger charge is -2.24. The van der Waals surface area contributed by atoms with Gasteiger partial charge in [-0.2, -0.15) is 0 Å². The van der Waals surface area contributed by atoms with Crippen molar-refractivity contribution < 1.29 is 9.90 Å². The average Bonchev–Trinajstić information content (AvgIpc) is 2.19. The molecule has 1 unspecified atom stereocenters. The Kier molecular flexibility index (Phi) is 2.13. The lowest BCUT2D eigenvalue weighted by Crippen LogP contribution is -2.36. The highest BCUT2D eigenvalue weighted by Crippen LogP contribution is 2.27. The number of anilines is 2. The second-order valence-corrected chi connectivity index (χ2v) is 3.39. The first-order chi connectivity index (χ1) is 6.70. The maximum atomic E-state index is 11.3. The summed E-state index contributed by atoms with van der Waals surface area (Å²) >= 11 is 0. The molecule has 1 amide bonds. The molecule has 74 valence electrons. The van der Waals surface area contributed by atoms with E-state index in [1.165, 1.54) is 0 Å². The van der Waals surface area contributed by atoms with Crippen LogP contribution in [0, 0.1) is 0 Å². The minimum Gasteiger partial charge on any atom is -0.392 e. The molecule has 0 fully saturated rings. The number of fused-ring (bicyclic) bond motifs is 1. The van der Waals surface area contributed by atoms with E-state index in [2.05, 4.69) is 10.6 Å². The van der Waals surface area contributed by atoms with Gasteiger partial charge in [-0.15, -0.1) is 0 Å². The largest absolute Gasteiger partial charge is 0.392 e. The van der Waals surface area contributed by atoms with Gasteiger partial charge < -0.3 is 15.7 Å². The molecule has 1 aromatic carbocycles. The van der Waals surface area contributed by atoms with Gasteiger partial charge in [0.1, 0.15) is 6.04 Å². The molecule has 1 aliphatic rings. The topological polar surface area (TPSA) is 61.4 Å². The van der Waals surface area contributed by atoms with Crippen molar-refractivity contribution in [3.8, 4) is 0 Å². The molecule has 1 aliphatic heterocycles. The molecule has 1 atom stereocenters. The summed E-state index contributed by atoms with van der Waals surface area (Å²) in [4.78, 5) is 11.3. The van der Waals surface area contributed by atoms with Crippen LogP contribution in [0.25, 0.3) is 0 Å². The molecule has 0 saturated heterocycles. The number of nitrogens with one attached hydrogen (secondary N) is 2. The Bertz CT molecular complexity index is 376. The average molecular weight is 192 g/mol. The van der Waals surface area contributed by atoms with Crippen LogP contribution in [0.15, 0.2) is 18.2 Å². The number of benzene rings is 1. The number of hydrogen-bond acceptors (Lipinski definition) is 3. The monoisotopic (exact) mass is 192 g/mol. The van der Waals surface area contributed by atoms with Crippen molar-refractivity contribution in [3.63, 3.8) is 0 Å². The van der Waals surface area contributed by atoms with Gasteiger partial charge in [-0.25, -0.2) is 0 Å². The summed E-state index contributed by atoms with van der Waals surface area (Å²) < 4.78 is 0.